The van der Waals surface area contributed by atoms with E-state index in [1.807, 2.05) is 61.2 Å². The van der Waals surface area contributed by atoms with Crippen molar-refractivity contribution in [1.29, 1.82) is 5.26 Å². The molecule has 4 rings (SSSR count). The summed E-state index contributed by atoms with van der Waals surface area (Å²) >= 11 is 0. The molecular formula is C31H34N2O3. The molecule has 1 saturated heterocycles. The molecule has 5 heteroatoms. The van der Waals surface area contributed by atoms with Crippen LogP contribution in [0.15, 0.2) is 72.8 Å². The van der Waals surface area contributed by atoms with E-state index in [9.17, 15) is 4.79 Å². The fourth-order valence-corrected chi connectivity index (χ4v) is 4.67. The van der Waals surface area contributed by atoms with Gasteiger partial charge in [0.05, 0.1) is 17.7 Å². The van der Waals surface area contributed by atoms with Gasteiger partial charge in [-0.2, -0.15) is 5.26 Å². The minimum atomic E-state index is 0.0284. The summed E-state index contributed by atoms with van der Waals surface area (Å²) in [5.74, 6) is 2.26. The molecule has 0 aliphatic carbocycles. The van der Waals surface area contributed by atoms with Gasteiger partial charge >= 0.3 is 0 Å². The molecule has 1 fully saturated rings. The lowest BCUT2D eigenvalue weighted by molar-refractivity contribution is -0.134. The third-order valence-electron chi connectivity index (χ3n) is 6.64. The van der Waals surface area contributed by atoms with Crippen molar-refractivity contribution in [3.8, 4) is 28.7 Å². The van der Waals surface area contributed by atoms with Crippen molar-refractivity contribution < 1.29 is 14.3 Å². The summed E-state index contributed by atoms with van der Waals surface area (Å²) in [5.41, 5.74) is 3.79. The maximum atomic E-state index is 12.9. The number of nitrogens with zero attached hydrogens (tertiary/aromatic N) is 2. The highest BCUT2D eigenvalue weighted by molar-refractivity contribution is 5.78. The summed E-state index contributed by atoms with van der Waals surface area (Å²) < 4.78 is 11.8. The second-order valence-corrected chi connectivity index (χ2v) is 9.65. The molecule has 3 aromatic rings. The molecule has 1 amide bonds. The molecular weight excluding hydrogens is 448 g/mol. The Kier molecular flexibility index (Phi) is 8.62. The van der Waals surface area contributed by atoms with Crippen LogP contribution in [-0.4, -0.2) is 36.6 Å². The van der Waals surface area contributed by atoms with Crippen molar-refractivity contribution in [1.82, 2.24) is 4.90 Å². The van der Waals surface area contributed by atoms with Crippen molar-refractivity contribution >= 4 is 5.91 Å². The van der Waals surface area contributed by atoms with Crippen LogP contribution in [0.3, 0.4) is 0 Å². The summed E-state index contributed by atoms with van der Waals surface area (Å²) in [6.07, 6.45) is 4.38. The minimum Gasteiger partial charge on any atom is -0.491 e. The quantitative estimate of drug-likeness (QED) is 0.361. The first-order valence-electron chi connectivity index (χ1n) is 12.8. The lowest BCUT2D eigenvalue weighted by Gasteiger charge is -2.32. The lowest BCUT2D eigenvalue weighted by atomic mass is 9.90. The molecule has 0 aromatic heterocycles. The third kappa shape index (κ3) is 6.88. The van der Waals surface area contributed by atoms with Crippen LogP contribution in [0.25, 0.3) is 11.1 Å². The number of hydrogen-bond donors (Lipinski definition) is 0. The number of likely N-dealkylation sites (tertiary alicyclic amines) is 1. The van der Waals surface area contributed by atoms with Crippen LogP contribution < -0.4 is 9.47 Å². The Morgan fingerprint density at radius 3 is 2.50 bits per heavy atom. The fourth-order valence-electron chi connectivity index (χ4n) is 4.67. The average Bonchev–Trinajstić information content (AvgIpc) is 2.91. The van der Waals surface area contributed by atoms with Gasteiger partial charge in [0.25, 0.3) is 5.91 Å². The normalized spacial score (nSPS) is 13.9. The van der Waals surface area contributed by atoms with E-state index < -0.39 is 0 Å². The van der Waals surface area contributed by atoms with Crippen LogP contribution in [0.4, 0.5) is 0 Å². The predicted octanol–water partition coefficient (Wildman–Crippen LogP) is 6.26. The number of benzene rings is 3. The number of carbonyl (C=O) groups excluding carboxylic acids is 1. The van der Waals surface area contributed by atoms with E-state index in [1.165, 1.54) is 5.56 Å². The summed E-state index contributed by atoms with van der Waals surface area (Å²) in [5, 5.41) is 9.04. The summed E-state index contributed by atoms with van der Waals surface area (Å²) in [6, 6.07) is 25.6. The second kappa shape index (κ2) is 12.3. The number of hydrogen-bond acceptors (Lipinski definition) is 4. The second-order valence-electron chi connectivity index (χ2n) is 9.65. The average molecular weight is 483 g/mol. The smallest absolute Gasteiger partial charge is 0.260 e. The van der Waals surface area contributed by atoms with Crippen LogP contribution in [-0.2, 0) is 11.2 Å². The van der Waals surface area contributed by atoms with E-state index in [-0.39, 0.29) is 18.6 Å². The van der Waals surface area contributed by atoms with E-state index in [0.29, 0.717) is 17.2 Å². The van der Waals surface area contributed by atoms with Gasteiger partial charge in [-0.05, 0) is 86.9 Å². The monoisotopic (exact) mass is 482 g/mol. The standard InChI is InChI=1S/C31H34N2O3/c1-23(2)36-28-7-5-6-25(20-28)11-10-24-16-18-33(19-17-24)31(34)22-35-30-9-4-3-8-29(30)27-14-12-26(21-32)13-15-27/h3-9,12-15,20,23-24H,10-11,16-19,22H2,1-2H3. The molecule has 0 radical (unpaired) electrons. The molecule has 0 atom stereocenters. The van der Waals surface area contributed by atoms with Crippen molar-refractivity contribution in [2.45, 2.75) is 45.6 Å². The van der Waals surface area contributed by atoms with E-state index in [0.717, 1.165) is 55.6 Å². The summed E-state index contributed by atoms with van der Waals surface area (Å²) in [4.78, 5) is 14.8. The van der Waals surface area contributed by atoms with Crippen LogP contribution in [0.1, 0.15) is 44.2 Å². The molecule has 36 heavy (non-hydrogen) atoms. The molecule has 0 unspecified atom stereocenters. The number of rotatable bonds is 9. The number of aryl methyl sites for hydroxylation is 1. The number of para-hydroxylation sites is 1. The first kappa shape index (κ1) is 25.3. The van der Waals surface area contributed by atoms with Crippen molar-refractivity contribution in [2.75, 3.05) is 19.7 Å². The van der Waals surface area contributed by atoms with Gasteiger partial charge in [0, 0.05) is 18.7 Å². The van der Waals surface area contributed by atoms with Gasteiger partial charge in [-0.1, -0.05) is 42.5 Å². The van der Waals surface area contributed by atoms with Gasteiger partial charge in [-0.25, -0.2) is 0 Å². The Balaban J connectivity index is 1.25. The molecule has 0 spiro atoms. The zero-order valence-electron chi connectivity index (χ0n) is 21.2. The highest BCUT2D eigenvalue weighted by Crippen LogP contribution is 2.30. The topological polar surface area (TPSA) is 62.6 Å². The zero-order valence-corrected chi connectivity index (χ0v) is 21.2. The number of piperidine rings is 1. The van der Waals surface area contributed by atoms with Gasteiger partial charge in [-0.15, -0.1) is 0 Å². The van der Waals surface area contributed by atoms with E-state index >= 15 is 0 Å². The first-order valence-corrected chi connectivity index (χ1v) is 12.8. The van der Waals surface area contributed by atoms with Gasteiger partial charge in [-0.3, -0.25) is 4.79 Å². The first-order chi connectivity index (χ1) is 17.5. The fraction of sp³-hybridized carbons (Fsp3) is 0.355. The van der Waals surface area contributed by atoms with Crippen LogP contribution >= 0.6 is 0 Å². The van der Waals surface area contributed by atoms with Crippen molar-refractivity contribution in [3.05, 3.63) is 83.9 Å². The van der Waals surface area contributed by atoms with Gasteiger partial charge in [0.1, 0.15) is 11.5 Å². The van der Waals surface area contributed by atoms with Gasteiger partial charge in [0.15, 0.2) is 6.61 Å². The molecule has 0 bridgehead atoms. The number of carbonyl (C=O) groups is 1. The molecule has 186 valence electrons. The maximum absolute atomic E-state index is 12.9. The molecule has 1 aliphatic rings. The lowest BCUT2D eigenvalue weighted by Crippen LogP contribution is -2.41. The maximum Gasteiger partial charge on any atom is 0.260 e. The summed E-state index contributed by atoms with van der Waals surface area (Å²) in [7, 11) is 0. The molecule has 1 aliphatic heterocycles. The Bertz CT molecular complexity index is 1190. The van der Waals surface area contributed by atoms with E-state index in [2.05, 4.69) is 24.3 Å². The van der Waals surface area contributed by atoms with Crippen LogP contribution in [0, 0.1) is 17.2 Å². The van der Waals surface area contributed by atoms with E-state index in [1.54, 1.807) is 12.1 Å². The Morgan fingerprint density at radius 1 is 1.03 bits per heavy atom. The number of ether oxygens (including phenoxy) is 2. The minimum absolute atomic E-state index is 0.0284. The molecule has 0 saturated carbocycles. The SMILES string of the molecule is CC(C)Oc1cccc(CCC2CCN(C(=O)COc3ccccc3-c3ccc(C#N)cc3)CC2)c1. The van der Waals surface area contributed by atoms with Crippen LogP contribution in [0.5, 0.6) is 11.5 Å². The molecule has 0 N–H and O–H groups in total. The van der Waals surface area contributed by atoms with Gasteiger partial charge in [0.2, 0.25) is 0 Å². The molecule has 1 heterocycles. The van der Waals surface area contributed by atoms with Gasteiger partial charge < -0.3 is 14.4 Å². The zero-order chi connectivity index (χ0) is 25.3. The van der Waals surface area contributed by atoms with Crippen molar-refractivity contribution in [2.24, 2.45) is 5.92 Å². The summed E-state index contributed by atoms with van der Waals surface area (Å²) in [6.45, 7) is 5.67. The number of nitriles is 1. The molecule has 3 aromatic carbocycles. The third-order valence-corrected chi connectivity index (χ3v) is 6.64. The predicted molar refractivity (Wildman–Crippen MR) is 142 cm³/mol. The highest BCUT2D eigenvalue weighted by atomic mass is 16.5. The van der Waals surface area contributed by atoms with Crippen molar-refractivity contribution in [3.63, 3.8) is 0 Å². The van der Waals surface area contributed by atoms with Crippen LogP contribution in [0.2, 0.25) is 0 Å². The van der Waals surface area contributed by atoms with E-state index in [4.69, 9.17) is 14.7 Å². The Morgan fingerprint density at radius 2 is 1.78 bits per heavy atom. The largest absolute Gasteiger partial charge is 0.491 e. The molecule has 5 nitrogen and oxygen atoms in total. The Hall–Kier alpha value is -3.78. The number of amides is 1. The Labute approximate surface area is 214 Å². The highest BCUT2D eigenvalue weighted by Gasteiger charge is 2.23.